The zero-order valence-electron chi connectivity index (χ0n) is 12.0. The fourth-order valence-electron chi connectivity index (χ4n) is 2.58. The van der Waals surface area contributed by atoms with E-state index in [1.165, 1.54) is 0 Å². The second-order valence-corrected chi connectivity index (χ2v) is 5.14. The Morgan fingerprint density at radius 1 is 1.29 bits per heavy atom. The van der Waals surface area contributed by atoms with Gasteiger partial charge >= 0.3 is 5.97 Å². The quantitative estimate of drug-likeness (QED) is 0.587. The minimum atomic E-state index is -1.10. The maximum atomic E-state index is 11.8. The monoisotopic (exact) mass is 291 g/mol. The normalized spacial score (nSPS) is 28.2. The van der Waals surface area contributed by atoms with Crippen molar-refractivity contribution >= 4 is 17.8 Å². The van der Waals surface area contributed by atoms with E-state index in [1.54, 1.807) is 13.8 Å². The Bertz CT molecular complexity index is 497. The van der Waals surface area contributed by atoms with E-state index in [1.807, 2.05) is 17.5 Å². The number of imide groups is 1. The van der Waals surface area contributed by atoms with Crippen molar-refractivity contribution in [2.45, 2.75) is 33.1 Å². The second kappa shape index (κ2) is 6.85. The van der Waals surface area contributed by atoms with Crippen LogP contribution in [0.5, 0.6) is 0 Å². The summed E-state index contributed by atoms with van der Waals surface area (Å²) in [6, 6.07) is 3.72. The van der Waals surface area contributed by atoms with E-state index in [4.69, 9.17) is 15.3 Å². The number of nitrogens with zero attached hydrogens (tertiary/aromatic N) is 2. The molecule has 7 heteroatoms. The van der Waals surface area contributed by atoms with E-state index in [0.717, 1.165) is 0 Å². The highest BCUT2D eigenvalue weighted by atomic mass is 16.5. The molecule has 0 saturated carbocycles. The number of carbonyl (C=O) groups is 3. The highest BCUT2D eigenvalue weighted by Crippen LogP contribution is 2.43. The first-order valence-corrected chi connectivity index (χ1v) is 6.70. The molecular formula is C14H17N3O4. The molecule has 112 valence electrons. The van der Waals surface area contributed by atoms with Crippen molar-refractivity contribution in [2.24, 2.45) is 17.3 Å². The molecule has 0 aromatic heterocycles. The van der Waals surface area contributed by atoms with Crippen molar-refractivity contribution in [3.05, 3.63) is 0 Å². The molecule has 21 heavy (non-hydrogen) atoms. The highest BCUT2D eigenvalue weighted by Gasteiger charge is 2.52. The summed E-state index contributed by atoms with van der Waals surface area (Å²) in [7, 11) is 0. The van der Waals surface area contributed by atoms with Crippen LogP contribution >= 0.6 is 0 Å². The molecule has 0 aromatic rings. The van der Waals surface area contributed by atoms with Crippen LogP contribution in [0.3, 0.4) is 0 Å². The summed E-state index contributed by atoms with van der Waals surface area (Å²) in [4.78, 5) is 34.8. The lowest BCUT2D eigenvalue weighted by molar-refractivity contribution is -0.144. The molecular weight excluding hydrogens is 274 g/mol. The van der Waals surface area contributed by atoms with E-state index in [-0.39, 0.29) is 25.4 Å². The number of hydrogen-bond donors (Lipinski definition) is 1. The zero-order valence-corrected chi connectivity index (χ0v) is 12.0. The number of amides is 2. The minimum Gasteiger partial charge on any atom is -0.466 e. The van der Waals surface area contributed by atoms with Gasteiger partial charge in [-0.15, -0.1) is 0 Å². The maximum absolute atomic E-state index is 11.8. The van der Waals surface area contributed by atoms with Gasteiger partial charge in [0.1, 0.15) is 11.8 Å². The van der Waals surface area contributed by atoms with Crippen LogP contribution in [0.1, 0.15) is 33.1 Å². The van der Waals surface area contributed by atoms with Gasteiger partial charge < -0.3 is 4.74 Å². The summed E-state index contributed by atoms with van der Waals surface area (Å²) in [6.07, 6.45) is 0.698. The summed E-state index contributed by atoms with van der Waals surface area (Å²) in [6.45, 7) is 3.54. The third-order valence-electron chi connectivity index (χ3n) is 3.75. The number of ether oxygens (including phenoxy) is 1. The van der Waals surface area contributed by atoms with E-state index < -0.39 is 29.1 Å². The Labute approximate surface area is 122 Å². The Morgan fingerprint density at radius 3 is 2.24 bits per heavy atom. The number of nitrogens with one attached hydrogen (secondary N) is 1. The largest absolute Gasteiger partial charge is 0.466 e. The summed E-state index contributed by atoms with van der Waals surface area (Å²) in [5, 5.41) is 20.4. The van der Waals surface area contributed by atoms with Gasteiger partial charge in [0.15, 0.2) is 0 Å². The van der Waals surface area contributed by atoms with Crippen molar-refractivity contribution in [3.63, 3.8) is 0 Å². The smallest absolute Gasteiger partial charge is 0.305 e. The van der Waals surface area contributed by atoms with Gasteiger partial charge in [-0.3, -0.25) is 19.7 Å². The molecule has 1 aliphatic heterocycles. The molecule has 7 nitrogen and oxygen atoms in total. The lowest BCUT2D eigenvalue weighted by Gasteiger charge is -2.39. The number of carbonyl (C=O) groups excluding carboxylic acids is 3. The Kier molecular flexibility index (Phi) is 5.43. The number of esters is 1. The average Bonchev–Trinajstić information content (AvgIpc) is 2.39. The van der Waals surface area contributed by atoms with Crippen molar-refractivity contribution in [3.8, 4) is 12.1 Å². The van der Waals surface area contributed by atoms with Crippen molar-refractivity contribution in [1.82, 2.24) is 5.32 Å². The molecule has 1 saturated heterocycles. The number of nitriles is 2. The van der Waals surface area contributed by atoms with E-state index in [9.17, 15) is 14.4 Å². The predicted octanol–water partition coefficient (Wildman–Crippen LogP) is 0.662. The fraction of sp³-hybridized carbons (Fsp3) is 0.643. The van der Waals surface area contributed by atoms with Crippen LogP contribution in [0.4, 0.5) is 0 Å². The standard InChI is InChI=1S/C14H17N3O4/c1-3-21-11(18)5-4-6-14(2)9(7-15)12(19)17-13(20)10(14)8-16/h9-10H,3-6H2,1-2H3,(H,17,19,20). The van der Waals surface area contributed by atoms with Gasteiger partial charge in [-0.2, -0.15) is 10.5 Å². The van der Waals surface area contributed by atoms with Gasteiger partial charge in [0.2, 0.25) is 11.8 Å². The van der Waals surface area contributed by atoms with Crippen LogP contribution in [-0.2, 0) is 19.1 Å². The molecule has 1 rings (SSSR count). The highest BCUT2D eigenvalue weighted by molar-refractivity contribution is 6.03. The van der Waals surface area contributed by atoms with Gasteiger partial charge in [-0.25, -0.2) is 0 Å². The Morgan fingerprint density at radius 2 is 1.81 bits per heavy atom. The topological polar surface area (TPSA) is 120 Å². The molecule has 0 aliphatic carbocycles. The molecule has 1 fully saturated rings. The third-order valence-corrected chi connectivity index (χ3v) is 3.75. The van der Waals surface area contributed by atoms with Crippen LogP contribution < -0.4 is 5.32 Å². The molecule has 2 unspecified atom stereocenters. The maximum Gasteiger partial charge on any atom is 0.305 e. The molecule has 1 heterocycles. The molecule has 2 atom stereocenters. The summed E-state index contributed by atoms with van der Waals surface area (Å²) in [5.41, 5.74) is -1.10. The minimum absolute atomic E-state index is 0.121. The van der Waals surface area contributed by atoms with Gasteiger partial charge in [0, 0.05) is 11.8 Å². The zero-order chi connectivity index (χ0) is 16.0. The lowest BCUT2D eigenvalue weighted by atomic mass is 9.63. The number of piperidine rings is 1. The first-order chi connectivity index (χ1) is 9.90. The summed E-state index contributed by atoms with van der Waals surface area (Å²) < 4.78 is 4.80. The van der Waals surface area contributed by atoms with Gasteiger partial charge in [-0.05, 0) is 19.8 Å². The Hall–Kier alpha value is -2.41. The van der Waals surface area contributed by atoms with E-state index in [0.29, 0.717) is 6.42 Å². The molecule has 0 bridgehead atoms. The lowest BCUT2D eigenvalue weighted by Crippen LogP contribution is -2.56. The first kappa shape index (κ1) is 16.6. The number of rotatable bonds is 5. The van der Waals surface area contributed by atoms with Crippen molar-refractivity contribution in [2.75, 3.05) is 6.61 Å². The average molecular weight is 291 g/mol. The molecule has 0 spiro atoms. The SMILES string of the molecule is CCOC(=O)CCCC1(C)C(C#N)C(=O)NC(=O)C1C#N. The van der Waals surface area contributed by atoms with Gasteiger partial charge in [0.05, 0.1) is 18.7 Å². The number of hydrogen-bond acceptors (Lipinski definition) is 6. The van der Waals surface area contributed by atoms with Gasteiger partial charge in [0.25, 0.3) is 0 Å². The van der Waals surface area contributed by atoms with Crippen LogP contribution in [0, 0.1) is 39.9 Å². The Balaban J connectivity index is 2.87. The molecule has 0 aromatic carbocycles. The van der Waals surface area contributed by atoms with Crippen LogP contribution in [0.2, 0.25) is 0 Å². The van der Waals surface area contributed by atoms with Gasteiger partial charge in [-0.1, -0.05) is 6.92 Å². The summed E-state index contributed by atoms with van der Waals surface area (Å²) in [5.74, 6) is -3.95. The van der Waals surface area contributed by atoms with Crippen molar-refractivity contribution in [1.29, 1.82) is 10.5 Å². The van der Waals surface area contributed by atoms with E-state index in [2.05, 4.69) is 0 Å². The van der Waals surface area contributed by atoms with Crippen LogP contribution in [0.25, 0.3) is 0 Å². The van der Waals surface area contributed by atoms with Crippen LogP contribution in [0.15, 0.2) is 0 Å². The van der Waals surface area contributed by atoms with E-state index >= 15 is 0 Å². The molecule has 1 aliphatic rings. The predicted molar refractivity (Wildman–Crippen MR) is 69.9 cm³/mol. The molecule has 0 radical (unpaired) electrons. The van der Waals surface area contributed by atoms with Crippen LogP contribution in [-0.4, -0.2) is 24.4 Å². The first-order valence-electron chi connectivity index (χ1n) is 6.70. The van der Waals surface area contributed by atoms with Crippen molar-refractivity contribution < 1.29 is 19.1 Å². The fourth-order valence-corrected chi connectivity index (χ4v) is 2.58. The molecule has 2 amide bonds. The third kappa shape index (κ3) is 3.38. The second-order valence-electron chi connectivity index (χ2n) is 5.14. The molecule has 1 N–H and O–H groups in total. The summed E-state index contributed by atoms with van der Waals surface area (Å²) >= 11 is 0.